The van der Waals surface area contributed by atoms with Crippen LogP contribution in [-0.4, -0.2) is 61.7 Å². The van der Waals surface area contributed by atoms with Crippen LogP contribution in [0, 0.1) is 18.4 Å². The molecular weight excluding hydrogens is 933 g/mol. The monoisotopic (exact) mass is 952 g/mol. The maximum atomic E-state index is 12.8. The smallest absolute Gasteiger partial charge is 0.744 e. The van der Waals surface area contributed by atoms with Crippen LogP contribution in [-0.2, 0) is 53.3 Å². The topological polar surface area (TPSA) is 390 Å². The van der Waals surface area contributed by atoms with Crippen molar-refractivity contribution >= 4 is 101 Å². The zero-order valence-electron chi connectivity index (χ0n) is 31.0. The summed E-state index contributed by atoms with van der Waals surface area (Å²) in [7, 11) is -14.3. The number of hydrogen-bond donors (Lipinski definition) is 4. The number of azo groups is 1. The molecule has 59 heavy (non-hydrogen) atoms. The number of nitriles is 1. The number of hydrogen-bond acceptors (Lipinski definition) is 27. The van der Waals surface area contributed by atoms with E-state index in [4.69, 9.17) is 5.73 Å². The zero-order chi connectivity index (χ0) is 40.4. The molecule has 25 nitrogen and oxygen atoms in total. The Kier molecular flexibility index (Phi) is 26.3. The van der Waals surface area contributed by atoms with Gasteiger partial charge in [-0.05, 0) is 55.0 Å². The van der Waals surface area contributed by atoms with E-state index < -0.39 is 47.6 Å². The standard InChI is InChI=1S/C25H24N10O15S5.4Na/c1-13-2-3-14(53(38,39)7-6-46-55(43,44)45)8-17(13)34-35-19-11-22(52-50-48-37)16(27)10-18(19)29-24-31-23(28-12-26)32-25(33-24)30-20-9-15(54(40,41)42)4-5-21(20)51-49-47-36;;;;/h2-5,8-11,36-37H,6-7,27H2,1H3,(H,40,41,42)(H,43,44,45)(H3,28,29,30,31,32,33);;;;/q;4*+1/p-4. The zero-order valence-corrected chi connectivity index (χ0v) is 43.0. The van der Waals surface area contributed by atoms with Crippen molar-refractivity contribution in [1.82, 2.24) is 15.0 Å². The predicted molar refractivity (Wildman–Crippen MR) is 180 cm³/mol. The number of nitrogens with zero attached hydrogens (tertiary/aromatic N) is 6. The van der Waals surface area contributed by atoms with Crippen molar-refractivity contribution in [3.8, 4) is 6.19 Å². The van der Waals surface area contributed by atoms with Crippen molar-refractivity contribution in [3.63, 3.8) is 0 Å². The molecule has 0 saturated heterocycles. The Morgan fingerprint density at radius 3 is 1.90 bits per heavy atom. The van der Waals surface area contributed by atoms with Gasteiger partial charge < -0.3 is 36.0 Å². The summed E-state index contributed by atoms with van der Waals surface area (Å²) in [5.41, 5.74) is 6.24. The molecule has 0 aliphatic heterocycles. The van der Waals surface area contributed by atoms with Gasteiger partial charge in [0.15, 0.2) is 16.0 Å². The Labute approximate surface area is 432 Å². The van der Waals surface area contributed by atoms with E-state index in [1.807, 2.05) is 0 Å². The van der Waals surface area contributed by atoms with Gasteiger partial charge in [0, 0.05) is 5.69 Å². The molecule has 4 aromatic rings. The molecule has 0 aliphatic carbocycles. The number of nitrogens with one attached hydrogen (secondary N) is 3. The molecule has 0 bridgehead atoms. The molecule has 0 spiro atoms. The van der Waals surface area contributed by atoms with E-state index in [2.05, 4.69) is 64.1 Å². The van der Waals surface area contributed by atoms with E-state index in [9.17, 15) is 50.1 Å². The summed E-state index contributed by atoms with van der Waals surface area (Å²) >= 11 is 0.720. The van der Waals surface area contributed by atoms with Crippen molar-refractivity contribution in [2.75, 3.05) is 34.0 Å². The Bertz CT molecular complexity index is 2470. The molecule has 0 saturated carbocycles. The van der Waals surface area contributed by atoms with Crippen molar-refractivity contribution in [1.29, 1.82) is 5.26 Å². The van der Waals surface area contributed by atoms with Crippen LogP contribution >= 0.6 is 24.1 Å². The summed E-state index contributed by atoms with van der Waals surface area (Å²) in [6.07, 6.45) is 1.61. The molecule has 0 unspecified atom stereocenters. The molecule has 1 heterocycles. The molecule has 0 fully saturated rings. The number of nitrogen functional groups attached to an aromatic ring is 1. The molecule has 0 amide bonds. The molecule has 0 radical (unpaired) electrons. The number of sulfone groups is 1. The van der Waals surface area contributed by atoms with Crippen LogP contribution in [0.1, 0.15) is 5.56 Å². The van der Waals surface area contributed by atoms with Crippen LogP contribution in [0.25, 0.3) is 0 Å². The van der Waals surface area contributed by atoms with Gasteiger partial charge >= 0.3 is 118 Å². The Hall–Kier alpha value is -0.850. The predicted octanol–water partition coefficient (Wildman–Crippen LogP) is -10.8. The summed E-state index contributed by atoms with van der Waals surface area (Å²) < 4.78 is 105. The first-order valence-electron chi connectivity index (χ1n) is 14.0. The second-order valence-corrected chi connectivity index (χ2v) is 16.0. The van der Waals surface area contributed by atoms with Gasteiger partial charge in [0.2, 0.25) is 28.2 Å². The van der Waals surface area contributed by atoms with Crippen LogP contribution in [0.5, 0.6) is 0 Å². The second kappa shape index (κ2) is 26.7. The third-order valence-corrected chi connectivity index (χ3v) is 10.6. The molecule has 294 valence electrons. The van der Waals surface area contributed by atoms with Crippen LogP contribution in [0.2, 0.25) is 0 Å². The summed E-state index contributed by atoms with van der Waals surface area (Å²) in [4.78, 5) is 11.3. The minimum atomic E-state index is -5.14. The van der Waals surface area contributed by atoms with Crippen molar-refractivity contribution in [2.24, 2.45) is 10.2 Å². The van der Waals surface area contributed by atoms with Crippen molar-refractivity contribution < 1.29 is 186 Å². The number of nitrogens with two attached hydrogens (primary N) is 1. The van der Waals surface area contributed by atoms with E-state index in [0.29, 0.717) is 29.6 Å². The maximum Gasteiger partial charge on any atom is 1.00 e. The number of rotatable bonds is 19. The fraction of sp³-hybridized carbons (Fsp3) is 0.120. The van der Waals surface area contributed by atoms with Gasteiger partial charge in [-0.2, -0.15) is 34.0 Å². The average molecular weight is 953 g/mol. The van der Waals surface area contributed by atoms with Gasteiger partial charge in [-0.1, -0.05) is 6.07 Å². The van der Waals surface area contributed by atoms with Crippen LogP contribution in [0.4, 0.5) is 46.3 Å². The van der Waals surface area contributed by atoms with Crippen molar-refractivity contribution in [3.05, 3.63) is 54.1 Å². The third kappa shape index (κ3) is 18.4. The minimum absolute atomic E-state index is 0. The van der Waals surface area contributed by atoms with Gasteiger partial charge in [-0.15, -0.1) is 5.11 Å². The van der Waals surface area contributed by atoms with E-state index >= 15 is 0 Å². The van der Waals surface area contributed by atoms with Crippen molar-refractivity contribution in [2.45, 2.75) is 26.5 Å². The van der Waals surface area contributed by atoms with Crippen LogP contribution < -0.4 is 150 Å². The van der Waals surface area contributed by atoms with E-state index in [-0.39, 0.29) is 179 Å². The number of aryl methyl sites for hydroxylation is 1. The van der Waals surface area contributed by atoms with E-state index in [1.54, 1.807) is 13.1 Å². The fourth-order valence-corrected chi connectivity index (χ4v) is 6.81. The third-order valence-electron chi connectivity index (χ3n) is 6.35. The Morgan fingerprint density at radius 2 is 1.32 bits per heavy atom. The molecule has 5 N–H and O–H groups in total. The van der Waals surface area contributed by atoms with E-state index in [1.165, 1.54) is 24.3 Å². The average Bonchev–Trinajstić information content (AvgIpc) is 3.09. The fourth-order valence-electron chi connectivity index (χ4n) is 3.97. The van der Waals surface area contributed by atoms with E-state index in [0.717, 1.165) is 24.3 Å². The molecule has 4 rings (SSSR count). The summed E-state index contributed by atoms with van der Waals surface area (Å²) in [6.45, 7) is 0.629. The number of benzene rings is 3. The summed E-state index contributed by atoms with van der Waals surface area (Å²) in [6, 6.07) is 9.14. The van der Waals surface area contributed by atoms with Crippen LogP contribution in [0.15, 0.2) is 78.3 Å². The Balaban J connectivity index is 0.00000841. The van der Waals surface area contributed by atoms with Crippen LogP contribution in [0.3, 0.4) is 0 Å². The first kappa shape index (κ1) is 58.1. The van der Waals surface area contributed by atoms with Gasteiger partial charge in [-0.3, -0.25) is 19.6 Å². The minimum Gasteiger partial charge on any atom is -0.744 e. The molecule has 0 atom stereocenters. The normalized spacial score (nSPS) is 11.3. The van der Waals surface area contributed by atoms with Gasteiger partial charge in [-0.25, -0.2) is 25.3 Å². The van der Waals surface area contributed by atoms with Gasteiger partial charge in [0.25, 0.3) is 0 Å². The quantitative estimate of drug-likeness (QED) is 0.00648. The molecular formula is C25H20N10Na4O15S5. The molecule has 0 aliphatic rings. The molecule has 3 aromatic carbocycles. The maximum absolute atomic E-state index is 12.8. The molecule has 1 aromatic heterocycles. The first-order chi connectivity index (χ1) is 25.9. The first-order valence-corrected chi connectivity index (χ1v) is 19.9. The van der Waals surface area contributed by atoms with Gasteiger partial charge in [0.1, 0.15) is 15.8 Å². The Morgan fingerprint density at radius 1 is 0.763 bits per heavy atom. The largest absolute Gasteiger partial charge is 1.00 e. The summed E-state index contributed by atoms with van der Waals surface area (Å²) in [5, 5.41) is 52.7. The summed E-state index contributed by atoms with van der Waals surface area (Å²) in [5.74, 6) is -1.95. The molecule has 34 heteroatoms. The number of aromatic nitrogens is 3. The SMILES string of the molecule is Cc1ccc(S(=O)(=O)CCOS(=O)(=O)[O-])cc1N=Nc1cc(SOO[O-])c(N)cc1Nc1nc(NC#N)nc(Nc2cc(S(=O)(=O)[O-])ccc2SOO[O-])n1.[Na+].[Na+].[Na+].[Na+]. The number of anilines is 6. The second-order valence-electron chi connectivity index (χ2n) is 9.95. The van der Waals surface area contributed by atoms with Gasteiger partial charge in [0.05, 0.1) is 73.1 Å².